The van der Waals surface area contributed by atoms with E-state index in [1.54, 1.807) is 17.0 Å². The molecule has 13 nitrogen and oxygen atoms in total. The third-order valence-corrected chi connectivity index (χ3v) is 25.5. The molecule has 6 aliphatic heterocycles. The van der Waals surface area contributed by atoms with Crippen LogP contribution in [0.4, 0.5) is 5.69 Å². The summed E-state index contributed by atoms with van der Waals surface area (Å²) in [5.74, 6) is 1.75. The molecule has 12 aliphatic rings. The number of epoxide rings is 1. The molecule has 21 unspecified atom stereocenters. The second-order valence-electron chi connectivity index (χ2n) is 25.7. The molecule has 406 valence electrons. The molecule has 0 radical (unpaired) electrons. The number of ketones is 1. The van der Waals surface area contributed by atoms with Crippen molar-refractivity contribution in [2.75, 3.05) is 24.7 Å². The Morgan fingerprint density at radius 3 is 2.49 bits per heavy atom. The summed E-state index contributed by atoms with van der Waals surface area (Å²) in [4.78, 5) is 34.1. The first-order chi connectivity index (χ1) is 35.2. The van der Waals surface area contributed by atoms with E-state index in [9.17, 15) is 46.0 Å². The maximum absolute atomic E-state index is 16.2. The van der Waals surface area contributed by atoms with Crippen LogP contribution in [0.2, 0.25) is 0 Å². The average Bonchev–Trinajstić information content (AvgIpc) is 4.07. The summed E-state index contributed by atoms with van der Waals surface area (Å²) in [5.41, 5.74) is -10.8. The molecule has 3 spiro atoms. The number of carbonyl (C=O) groups is 2. The van der Waals surface area contributed by atoms with Gasteiger partial charge in [-0.05, 0) is 140 Å². The number of nitrogens with zero attached hydrogens (tertiary/aromatic N) is 1. The van der Waals surface area contributed by atoms with E-state index in [0.717, 1.165) is 35.6 Å². The Morgan fingerprint density at radius 1 is 0.973 bits per heavy atom. The van der Waals surface area contributed by atoms with Crippen molar-refractivity contribution in [3.63, 3.8) is 0 Å². The minimum atomic E-state index is -2.18. The SMILES string of the molecule is CCCCCC1CN2C(=O)C13C(CO)CCCC3C1SSC(O)C34C(=O)C=C5C(CC6C=CCC(O)(C7OC7C(C)C(C)C)C7CCC5(O)C67CCc5cc(O)cc2c5)C3(C)CC(O)(CO)C(O)C4C#CCC1O. The fourth-order valence-electron chi connectivity index (χ4n) is 18.7. The van der Waals surface area contributed by atoms with E-state index < -0.39 is 115 Å². The number of aryl methyl sites for hydroxylation is 1. The van der Waals surface area contributed by atoms with Crippen LogP contribution < -0.4 is 4.90 Å². The molecule has 9 bridgehead atoms. The predicted octanol–water partition coefficient (Wildman–Crippen LogP) is 6.23. The fourth-order valence-corrected chi connectivity index (χ4v) is 22.3. The summed E-state index contributed by atoms with van der Waals surface area (Å²) < 4.78 is 6.53. The molecule has 21 atom stereocenters. The van der Waals surface area contributed by atoms with Gasteiger partial charge in [0.2, 0.25) is 5.91 Å². The zero-order chi connectivity index (χ0) is 52.7. The Balaban J connectivity index is 1.16. The number of fused-ring (bicyclic) bond motifs is 1. The highest BCUT2D eigenvalue weighted by Gasteiger charge is 2.80. The van der Waals surface area contributed by atoms with Gasteiger partial charge in [0.15, 0.2) is 5.78 Å². The first kappa shape index (κ1) is 53.5. The Kier molecular flexibility index (Phi) is 13.6. The van der Waals surface area contributed by atoms with E-state index in [1.165, 1.54) is 16.9 Å². The molecule has 74 heavy (non-hydrogen) atoms. The summed E-state index contributed by atoms with van der Waals surface area (Å²) >= 11 is 0. The lowest BCUT2D eigenvalue weighted by Gasteiger charge is -2.69. The Bertz CT molecular complexity index is 2530. The standard InChI is InChI=1S/C59H81NO12S2/c1-6-7-8-12-36-28-60-38-23-34(24-39(63)26-38)18-21-55-35-14-11-20-56(70,50-47(72-50)33(4)32(2)3)45(55)19-22-57(55,71)43-27-46(65)59-41(49(66)54(69,31-62)30-53(59,5)42(43)25-35)16-10-17-44(64)48(73-74-52(59)68)40-15-9-13-37(29-61)58(36,40)51(60)67/h11,14,23-24,26-27,32-33,35-37,40-42,44-45,47-50,52,61-64,66,68-71H,6-9,12-13,15,17-22,25,28-31H2,1-5H3. The molecule has 1 amide bonds. The van der Waals surface area contributed by atoms with Crippen LogP contribution in [0.1, 0.15) is 130 Å². The predicted molar refractivity (Wildman–Crippen MR) is 283 cm³/mol. The number of aliphatic hydroxyl groups excluding tert-OH is 5. The van der Waals surface area contributed by atoms with Gasteiger partial charge in [-0.1, -0.05) is 100.0 Å². The second kappa shape index (κ2) is 18.8. The molecule has 4 saturated carbocycles. The number of phenols is 1. The number of unbranched alkanes of at least 4 members (excludes halogenated alkanes) is 2. The van der Waals surface area contributed by atoms with Crippen LogP contribution in [0.3, 0.4) is 0 Å². The van der Waals surface area contributed by atoms with Crippen molar-refractivity contribution in [1.82, 2.24) is 0 Å². The topological polar surface area (TPSA) is 232 Å². The van der Waals surface area contributed by atoms with Crippen molar-refractivity contribution in [3.8, 4) is 17.6 Å². The number of ether oxygens (including phenoxy) is 1. The number of benzene rings is 1. The minimum Gasteiger partial charge on any atom is -0.508 e. The summed E-state index contributed by atoms with van der Waals surface area (Å²) in [6, 6.07) is 5.32. The third-order valence-electron chi connectivity index (χ3n) is 22.4. The zero-order valence-electron chi connectivity index (χ0n) is 43.9. The lowest BCUT2D eigenvalue weighted by atomic mass is 9.36. The van der Waals surface area contributed by atoms with Gasteiger partial charge in [0.1, 0.15) is 28.5 Å². The van der Waals surface area contributed by atoms with Gasteiger partial charge >= 0.3 is 0 Å². The number of phenolic OH excluding ortho intramolecular Hbond substituents is 1. The molecule has 6 heterocycles. The van der Waals surface area contributed by atoms with Crippen molar-refractivity contribution in [2.24, 2.45) is 74.9 Å². The van der Waals surface area contributed by atoms with Crippen molar-refractivity contribution >= 4 is 39.0 Å². The van der Waals surface area contributed by atoms with Crippen LogP contribution in [0.15, 0.2) is 42.0 Å². The maximum atomic E-state index is 16.2. The Hall–Kier alpha value is -2.46. The number of aliphatic hydroxyl groups is 8. The molecule has 15 heteroatoms. The molecule has 6 fully saturated rings. The van der Waals surface area contributed by atoms with Gasteiger partial charge in [0, 0.05) is 47.9 Å². The van der Waals surface area contributed by atoms with E-state index in [0.29, 0.717) is 69.2 Å². The summed E-state index contributed by atoms with van der Waals surface area (Å²) in [6.07, 6.45) is 8.74. The molecule has 0 aromatic heterocycles. The minimum absolute atomic E-state index is 0.0198. The summed E-state index contributed by atoms with van der Waals surface area (Å²) in [6.45, 7) is 9.66. The smallest absolute Gasteiger partial charge is 0.234 e. The normalized spacial score (nSPS) is 48.5. The number of aromatic hydroxyl groups is 1. The van der Waals surface area contributed by atoms with Crippen LogP contribution in [-0.2, 0) is 20.7 Å². The number of anilines is 1. The molecule has 1 aromatic rings. The zero-order valence-corrected chi connectivity index (χ0v) is 45.5. The van der Waals surface area contributed by atoms with E-state index in [-0.39, 0.29) is 67.8 Å². The number of allylic oxidation sites excluding steroid dienone is 2. The van der Waals surface area contributed by atoms with Crippen LogP contribution in [0.25, 0.3) is 0 Å². The third kappa shape index (κ3) is 7.16. The van der Waals surface area contributed by atoms with Crippen molar-refractivity contribution < 1.29 is 60.3 Å². The van der Waals surface area contributed by atoms with Gasteiger partial charge < -0.3 is 55.6 Å². The van der Waals surface area contributed by atoms with Gasteiger partial charge in [0.05, 0.1) is 47.3 Å². The molecular formula is C59H81NO12S2. The van der Waals surface area contributed by atoms with E-state index >= 15 is 9.59 Å². The number of hydrogen-bond acceptors (Lipinski definition) is 14. The highest BCUT2D eigenvalue weighted by molar-refractivity contribution is 8.77. The first-order valence-corrected chi connectivity index (χ1v) is 30.4. The molecular weight excluding hydrogens is 979 g/mol. The Morgan fingerprint density at radius 2 is 1.76 bits per heavy atom. The fraction of sp³-hybridized carbons (Fsp3) is 0.763. The average molecular weight is 1060 g/mol. The van der Waals surface area contributed by atoms with Crippen molar-refractivity contribution in [2.45, 2.75) is 183 Å². The highest BCUT2D eigenvalue weighted by atomic mass is 33.1. The largest absolute Gasteiger partial charge is 0.508 e. The summed E-state index contributed by atoms with van der Waals surface area (Å²) in [5, 5.41) is 112. The number of rotatable bonds is 9. The second-order valence-corrected chi connectivity index (χ2v) is 28.2. The number of amides is 1. The Labute approximate surface area is 444 Å². The lowest BCUT2D eigenvalue weighted by molar-refractivity contribution is -0.249. The van der Waals surface area contributed by atoms with E-state index in [1.807, 2.05) is 19.1 Å². The molecule has 13 rings (SSSR count). The monoisotopic (exact) mass is 1060 g/mol. The van der Waals surface area contributed by atoms with E-state index in [4.69, 9.17) is 4.74 Å². The first-order valence-electron chi connectivity index (χ1n) is 28.2. The molecule has 9 N–H and O–H groups in total. The van der Waals surface area contributed by atoms with Gasteiger partial charge in [-0.15, -0.1) is 5.92 Å². The van der Waals surface area contributed by atoms with E-state index in [2.05, 4.69) is 45.6 Å². The van der Waals surface area contributed by atoms with Gasteiger partial charge in [-0.2, -0.15) is 0 Å². The van der Waals surface area contributed by atoms with Crippen LogP contribution in [-0.4, -0.2) is 129 Å². The maximum Gasteiger partial charge on any atom is 0.234 e. The van der Waals surface area contributed by atoms with Crippen molar-refractivity contribution in [1.29, 1.82) is 0 Å². The number of hydrogen-bond donors (Lipinski definition) is 9. The molecule has 1 aromatic carbocycles. The lowest BCUT2D eigenvalue weighted by Crippen LogP contribution is -2.75. The van der Waals surface area contributed by atoms with Gasteiger partial charge in [0.25, 0.3) is 0 Å². The van der Waals surface area contributed by atoms with Gasteiger partial charge in [-0.25, -0.2) is 0 Å². The van der Waals surface area contributed by atoms with Crippen LogP contribution in [0, 0.1) is 86.8 Å². The van der Waals surface area contributed by atoms with Gasteiger partial charge in [-0.3, -0.25) is 9.59 Å². The summed E-state index contributed by atoms with van der Waals surface area (Å²) in [7, 11) is 2.27. The van der Waals surface area contributed by atoms with Crippen LogP contribution >= 0.6 is 21.6 Å². The van der Waals surface area contributed by atoms with Crippen molar-refractivity contribution in [3.05, 3.63) is 47.6 Å². The number of carbonyl (C=O) groups excluding carboxylic acids is 2. The molecule has 2 saturated heterocycles. The quantitative estimate of drug-likeness (QED) is 0.0439. The highest BCUT2D eigenvalue weighted by Crippen LogP contribution is 2.77. The molecule has 6 aliphatic carbocycles. The van der Waals surface area contributed by atoms with Crippen LogP contribution in [0.5, 0.6) is 5.75 Å².